The molecule has 0 atom stereocenters. The van der Waals surface area contributed by atoms with Gasteiger partial charge in [-0.1, -0.05) is 10.9 Å². The fraction of sp³-hybridized carbons (Fsp3) is 0.750. The van der Waals surface area contributed by atoms with Gasteiger partial charge in [-0.15, -0.1) is 5.10 Å². The van der Waals surface area contributed by atoms with Crippen LogP contribution in [0.5, 0.6) is 0 Å². The van der Waals surface area contributed by atoms with E-state index in [1.807, 2.05) is 0 Å². The summed E-state index contributed by atoms with van der Waals surface area (Å²) in [6.07, 6.45) is 3.94. The van der Waals surface area contributed by atoms with Gasteiger partial charge < -0.3 is 5.43 Å². The van der Waals surface area contributed by atoms with Crippen LogP contribution in [0.4, 0.5) is 5.00 Å². The second kappa shape index (κ2) is 4.68. The molecule has 0 saturated carbocycles. The number of nitrogens with one attached hydrogen (secondary N) is 1. The molecule has 6 heteroatoms. The number of anilines is 1. The Bertz CT molecular complexity index is 281. The molecule has 1 fully saturated rings. The Kier molecular flexibility index (Phi) is 3.28. The monoisotopic (exact) mass is 213 g/mol. The highest BCUT2D eigenvalue weighted by atomic mass is 32.1. The third-order valence-electron chi connectivity index (χ3n) is 2.51. The Morgan fingerprint density at radius 2 is 2.14 bits per heavy atom. The minimum atomic E-state index is 0.871. The first kappa shape index (κ1) is 9.82. The molecule has 5 nitrogen and oxygen atoms in total. The van der Waals surface area contributed by atoms with E-state index in [1.165, 1.54) is 43.9 Å². The summed E-state index contributed by atoms with van der Waals surface area (Å²) >= 11 is 1.31. The minimum absolute atomic E-state index is 0.871. The number of aromatic nitrogens is 2. The molecule has 78 valence electrons. The largest absolute Gasteiger partial charge is 0.313 e. The van der Waals surface area contributed by atoms with Crippen molar-refractivity contribution < 1.29 is 0 Å². The van der Waals surface area contributed by atoms with Crippen molar-refractivity contribution in [3.63, 3.8) is 0 Å². The third kappa shape index (κ3) is 2.20. The molecule has 0 aliphatic carbocycles. The van der Waals surface area contributed by atoms with Gasteiger partial charge in [0.2, 0.25) is 0 Å². The molecule has 0 amide bonds. The van der Waals surface area contributed by atoms with Gasteiger partial charge in [0.05, 0.1) is 0 Å². The number of hydrogen-bond acceptors (Lipinski definition) is 6. The number of likely N-dealkylation sites (tertiary alicyclic amines) is 1. The van der Waals surface area contributed by atoms with Crippen molar-refractivity contribution in [1.29, 1.82) is 0 Å². The predicted octanol–water partition coefficient (Wildman–Crippen LogP) is 0.810. The standard InChI is InChI=1S/C8H15N5S/c9-10-8-7(11-12-14-8)6-13-4-2-1-3-5-13/h10H,1-6,9H2. The molecule has 14 heavy (non-hydrogen) atoms. The summed E-state index contributed by atoms with van der Waals surface area (Å²) in [6, 6.07) is 0. The molecule has 3 N–H and O–H groups in total. The SMILES string of the molecule is NNc1snnc1CN1CCCCC1. The van der Waals surface area contributed by atoms with E-state index in [-0.39, 0.29) is 0 Å². The molecule has 0 radical (unpaired) electrons. The summed E-state index contributed by atoms with van der Waals surface area (Å²) in [6.45, 7) is 3.21. The molecule has 0 unspecified atom stereocenters. The molecule has 1 aliphatic heterocycles. The van der Waals surface area contributed by atoms with Crippen molar-refractivity contribution in [1.82, 2.24) is 14.5 Å². The van der Waals surface area contributed by atoms with Crippen molar-refractivity contribution >= 4 is 16.5 Å². The highest BCUT2D eigenvalue weighted by Gasteiger charge is 2.14. The van der Waals surface area contributed by atoms with Crippen LogP contribution < -0.4 is 11.3 Å². The topological polar surface area (TPSA) is 67.1 Å². The van der Waals surface area contributed by atoms with Gasteiger partial charge in [-0.05, 0) is 25.9 Å². The molecule has 0 bridgehead atoms. The van der Waals surface area contributed by atoms with Gasteiger partial charge in [0.15, 0.2) is 0 Å². The molecule has 1 aromatic heterocycles. The molecule has 2 heterocycles. The summed E-state index contributed by atoms with van der Waals surface area (Å²) in [5.74, 6) is 5.36. The van der Waals surface area contributed by atoms with Crippen LogP contribution in [0.25, 0.3) is 0 Å². The first-order chi connectivity index (χ1) is 6.90. The molecule has 1 saturated heterocycles. The van der Waals surface area contributed by atoms with Crippen LogP contribution in [0, 0.1) is 0 Å². The first-order valence-corrected chi connectivity index (χ1v) is 5.67. The summed E-state index contributed by atoms with van der Waals surface area (Å²) in [7, 11) is 0. The van der Waals surface area contributed by atoms with E-state index in [2.05, 4.69) is 19.9 Å². The summed E-state index contributed by atoms with van der Waals surface area (Å²) < 4.78 is 3.88. The molecular formula is C8H15N5S. The average molecular weight is 213 g/mol. The normalized spacial score (nSPS) is 18.4. The molecule has 0 aromatic carbocycles. The van der Waals surface area contributed by atoms with Gasteiger partial charge in [-0.2, -0.15) is 0 Å². The van der Waals surface area contributed by atoms with Crippen molar-refractivity contribution in [2.75, 3.05) is 18.5 Å². The van der Waals surface area contributed by atoms with Gasteiger partial charge >= 0.3 is 0 Å². The molecule has 2 rings (SSSR count). The zero-order chi connectivity index (χ0) is 9.80. The lowest BCUT2D eigenvalue weighted by atomic mass is 10.1. The Morgan fingerprint density at radius 1 is 1.36 bits per heavy atom. The van der Waals surface area contributed by atoms with Gasteiger partial charge in [-0.3, -0.25) is 4.90 Å². The maximum Gasteiger partial charge on any atom is 0.148 e. The fourth-order valence-corrected chi connectivity index (χ4v) is 2.24. The van der Waals surface area contributed by atoms with E-state index in [9.17, 15) is 0 Å². The highest BCUT2D eigenvalue weighted by molar-refractivity contribution is 7.10. The number of nitrogen functional groups attached to an aromatic ring is 1. The van der Waals surface area contributed by atoms with Crippen LogP contribution in [-0.4, -0.2) is 27.6 Å². The summed E-state index contributed by atoms with van der Waals surface area (Å²) in [5.41, 5.74) is 3.60. The molecule has 1 aliphatic rings. The second-order valence-corrected chi connectivity index (χ2v) is 4.28. The Hall–Kier alpha value is -0.720. The van der Waals surface area contributed by atoms with E-state index < -0.39 is 0 Å². The quantitative estimate of drug-likeness (QED) is 0.574. The Morgan fingerprint density at radius 3 is 2.86 bits per heavy atom. The minimum Gasteiger partial charge on any atom is -0.313 e. The highest BCUT2D eigenvalue weighted by Crippen LogP contribution is 2.19. The summed E-state index contributed by atoms with van der Waals surface area (Å²) in [4.78, 5) is 2.40. The van der Waals surface area contributed by atoms with Crippen LogP contribution in [0.3, 0.4) is 0 Å². The van der Waals surface area contributed by atoms with Crippen LogP contribution in [0.2, 0.25) is 0 Å². The number of hydrazine groups is 1. The van der Waals surface area contributed by atoms with Crippen LogP contribution in [-0.2, 0) is 6.54 Å². The zero-order valence-electron chi connectivity index (χ0n) is 8.07. The summed E-state index contributed by atoms with van der Waals surface area (Å²) in [5, 5.41) is 4.95. The fourth-order valence-electron chi connectivity index (χ4n) is 1.75. The number of nitrogens with two attached hydrogens (primary N) is 1. The van der Waals surface area contributed by atoms with Crippen molar-refractivity contribution in [3.05, 3.63) is 5.69 Å². The number of piperidine rings is 1. The lowest BCUT2D eigenvalue weighted by Gasteiger charge is -2.25. The number of rotatable bonds is 3. The average Bonchev–Trinajstić information content (AvgIpc) is 2.67. The second-order valence-electron chi connectivity index (χ2n) is 3.53. The van der Waals surface area contributed by atoms with Crippen molar-refractivity contribution in [2.45, 2.75) is 25.8 Å². The lowest BCUT2D eigenvalue weighted by Crippen LogP contribution is -2.29. The van der Waals surface area contributed by atoms with Gasteiger partial charge in [-0.25, -0.2) is 5.84 Å². The van der Waals surface area contributed by atoms with E-state index in [4.69, 9.17) is 5.84 Å². The van der Waals surface area contributed by atoms with E-state index in [1.54, 1.807) is 0 Å². The van der Waals surface area contributed by atoms with E-state index in [0.717, 1.165) is 17.2 Å². The van der Waals surface area contributed by atoms with Crippen LogP contribution in [0.15, 0.2) is 0 Å². The van der Waals surface area contributed by atoms with E-state index in [0.29, 0.717) is 0 Å². The third-order valence-corrected chi connectivity index (χ3v) is 3.21. The van der Waals surface area contributed by atoms with Crippen molar-refractivity contribution in [2.24, 2.45) is 5.84 Å². The number of nitrogens with zero attached hydrogens (tertiary/aromatic N) is 3. The maximum absolute atomic E-state index is 5.36. The van der Waals surface area contributed by atoms with Gasteiger partial charge in [0.1, 0.15) is 10.7 Å². The molecule has 1 aromatic rings. The van der Waals surface area contributed by atoms with Gasteiger partial charge in [0.25, 0.3) is 0 Å². The molecule has 0 spiro atoms. The Balaban J connectivity index is 1.95. The van der Waals surface area contributed by atoms with Crippen molar-refractivity contribution in [3.8, 4) is 0 Å². The maximum atomic E-state index is 5.36. The number of hydrogen-bond donors (Lipinski definition) is 2. The van der Waals surface area contributed by atoms with Crippen LogP contribution in [0.1, 0.15) is 25.0 Å². The Labute approximate surface area is 87.4 Å². The molecular weight excluding hydrogens is 198 g/mol. The first-order valence-electron chi connectivity index (χ1n) is 4.90. The van der Waals surface area contributed by atoms with Gasteiger partial charge in [0, 0.05) is 18.1 Å². The smallest absolute Gasteiger partial charge is 0.148 e. The van der Waals surface area contributed by atoms with Crippen LogP contribution >= 0.6 is 11.5 Å². The van der Waals surface area contributed by atoms with E-state index >= 15 is 0 Å². The zero-order valence-corrected chi connectivity index (χ0v) is 8.89. The lowest BCUT2D eigenvalue weighted by molar-refractivity contribution is 0.219. The predicted molar refractivity (Wildman–Crippen MR) is 56.8 cm³/mol.